The summed E-state index contributed by atoms with van der Waals surface area (Å²) in [6, 6.07) is -0.271. The Kier molecular flexibility index (Phi) is 5.26. The number of carboxylic acid groups (broad SMARTS) is 1. The highest BCUT2D eigenvalue weighted by Gasteiger charge is 2.38. The lowest BCUT2D eigenvalue weighted by atomic mass is 9.81. The fourth-order valence-electron chi connectivity index (χ4n) is 3.40. The van der Waals surface area contributed by atoms with Gasteiger partial charge in [-0.2, -0.15) is 0 Å². The largest absolute Gasteiger partial charge is 0.481 e. The van der Waals surface area contributed by atoms with Gasteiger partial charge >= 0.3 is 5.97 Å². The van der Waals surface area contributed by atoms with E-state index in [4.69, 9.17) is 5.11 Å². The average Bonchev–Trinajstić information content (AvgIpc) is 2.84. The first-order chi connectivity index (χ1) is 10.3. The van der Waals surface area contributed by atoms with Gasteiger partial charge in [0.1, 0.15) is 0 Å². The van der Waals surface area contributed by atoms with Gasteiger partial charge in [-0.1, -0.05) is 6.08 Å². The van der Waals surface area contributed by atoms with Crippen molar-refractivity contribution in [3.8, 4) is 0 Å². The zero-order valence-corrected chi connectivity index (χ0v) is 13.4. The van der Waals surface area contributed by atoms with Crippen LogP contribution in [-0.4, -0.2) is 54.4 Å². The van der Waals surface area contributed by atoms with Crippen LogP contribution in [0.2, 0.25) is 0 Å². The Morgan fingerprint density at radius 1 is 1.14 bits per heavy atom. The van der Waals surface area contributed by atoms with Crippen LogP contribution in [0.5, 0.6) is 0 Å². The van der Waals surface area contributed by atoms with Crippen LogP contribution in [0.1, 0.15) is 32.1 Å². The van der Waals surface area contributed by atoms with Crippen molar-refractivity contribution in [2.24, 2.45) is 11.8 Å². The molecule has 0 aromatic rings. The molecule has 0 spiro atoms. The Morgan fingerprint density at radius 3 is 2.18 bits per heavy atom. The number of nitrogens with zero attached hydrogens (tertiary/aromatic N) is 1. The Labute approximate surface area is 131 Å². The fraction of sp³-hybridized carbons (Fsp3) is 0.733. The highest BCUT2D eigenvalue weighted by Crippen LogP contribution is 2.31. The Morgan fingerprint density at radius 2 is 1.73 bits per heavy atom. The molecule has 124 valence electrons. The van der Waals surface area contributed by atoms with E-state index in [1.165, 1.54) is 0 Å². The molecule has 0 bridgehead atoms. The van der Waals surface area contributed by atoms with E-state index in [-0.39, 0.29) is 35.3 Å². The van der Waals surface area contributed by atoms with E-state index >= 15 is 0 Å². The summed E-state index contributed by atoms with van der Waals surface area (Å²) >= 11 is 0. The first kappa shape index (κ1) is 17.0. The van der Waals surface area contributed by atoms with Crippen LogP contribution in [0.25, 0.3) is 0 Å². The maximum atomic E-state index is 12.7. The predicted molar refractivity (Wildman–Crippen MR) is 82.1 cm³/mol. The third-order valence-corrected chi connectivity index (χ3v) is 6.43. The van der Waals surface area contributed by atoms with Gasteiger partial charge in [-0.3, -0.25) is 9.59 Å². The standard InChI is InChI=1S/C15H23NO5S/c1-2-8-16(13-7-9-22(20,21)10-13)14(17)11-3-5-12(6-4-11)15(18)19/h2,11-13H,1,3-10H2,(H,18,19). The van der Waals surface area contributed by atoms with Crippen molar-refractivity contribution in [1.82, 2.24) is 4.90 Å². The van der Waals surface area contributed by atoms with Crippen molar-refractivity contribution >= 4 is 21.7 Å². The van der Waals surface area contributed by atoms with Gasteiger partial charge in [0.2, 0.25) is 5.91 Å². The topological polar surface area (TPSA) is 91.8 Å². The maximum absolute atomic E-state index is 12.7. The molecule has 2 fully saturated rings. The third-order valence-electron chi connectivity index (χ3n) is 4.68. The molecule has 1 saturated carbocycles. The molecule has 22 heavy (non-hydrogen) atoms. The fourth-order valence-corrected chi connectivity index (χ4v) is 5.13. The molecule has 0 aromatic carbocycles. The molecular formula is C15H23NO5S. The van der Waals surface area contributed by atoms with Gasteiger partial charge in [-0.25, -0.2) is 8.42 Å². The van der Waals surface area contributed by atoms with Crippen molar-refractivity contribution in [2.45, 2.75) is 38.1 Å². The minimum Gasteiger partial charge on any atom is -0.481 e. The molecule has 1 aliphatic heterocycles. The molecule has 2 aliphatic rings. The molecule has 0 radical (unpaired) electrons. The number of hydrogen-bond acceptors (Lipinski definition) is 4. The van der Waals surface area contributed by atoms with Crippen LogP contribution in [0.15, 0.2) is 12.7 Å². The van der Waals surface area contributed by atoms with E-state index in [1.54, 1.807) is 11.0 Å². The average molecular weight is 329 g/mol. The zero-order chi connectivity index (χ0) is 16.3. The van der Waals surface area contributed by atoms with E-state index in [0.29, 0.717) is 38.6 Å². The SMILES string of the molecule is C=CCN(C(=O)C1CCC(C(=O)O)CC1)C1CCS(=O)(=O)C1. The summed E-state index contributed by atoms with van der Waals surface area (Å²) in [5.74, 6) is -1.24. The molecule has 1 unspecified atom stereocenters. The summed E-state index contributed by atoms with van der Waals surface area (Å²) in [6.07, 6.45) is 4.23. The Bertz CT molecular complexity index is 548. The lowest BCUT2D eigenvalue weighted by molar-refractivity contribution is -0.146. The Hall–Kier alpha value is -1.37. The van der Waals surface area contributed by atoms with Gasteiger partial charge in [-0.15, -0.1) is 6.58 Å². The summed E-state index contributed by atoms with van der Waals surface area (Å²) in [6.45, 7) is 4.00. The number of hydrogen-bond donors (Lipinski definition) is 1. The number of carbonyl (C=O) groups is 2. The quantitative estimate of drug-likeness (QED) is 0.762. The van der Waals surface area contributed by atoms with Crippen LogP contribution in [-0.2, 0) is 19.4 Å². The summed E-state index contributed by atoms with van der Waals surface area (Å²) in [4.78, 5) is 25.3. The van der Waals surface area contributed by atoms with E-state index in [2.05, 4.69) is 6.58 Å². The lowest BCUT2D eigenvalue weighted by Crippen LogP contribution is -2.45. The number of rotatable bonds is 5. The molecule has 1 heterocycles. The molecule has 0 aromatic heterocycles. The van der Waals surface area contributed by atoms with Crippen LogP contribution in [0.3, 0.4) is 0 Å². The van der Waals surface area contributed by atoms with E-state index < -0.39 is 15.8 Å². The van der Waals surface area contributed by atoms with Crippen LogP contribution >= 0.6 is 0 Å². The van der Waals surface area contributed by atoms with E-state index in [1.807, 2.05) is 0 Å². The molecule has 1 N–H and O–H groups in total. The number of sulfone groups is 1. The lowest BCUT2D eigenvalue weighted by Gasteiger charge is -2.33. The van der Waals surface area contributed by atoms with Crippen molar-refractivity contribution in [2.75, 3.05) is 18.1 Å². The second-order valence-corrected chi connectivity index (χ2v) is 8.45. The van der Waals surface area contributed by atoms with Crippen molar-refractivity contribution in [1.29, 1.82) is 0 Å². The number of aliphatic carboxylic acids is 1. The molecule has 6 nitrogen and oxygen atoms in total. The van der Waals surface area contributed by atoms with E-state index in [9.17, 15) is 18.0 Å². The summed E-state index contributed by atoms with van der Waals surface area (Å²) < 4.78 is 23.3. The number of carboxylic acids is 1. The predicted octanol–water partition coefficient (Wildman–Crippen LogP) is 1.08. The molecule has 1 atom stereocenters. The van der Waals surface area contributed by atoms with Gasteiger partial charge in [0, 0.05) is 18.5 Å². The second-order valence-electron chi connectivity index (χ2n) is 6.22. The molecule has 2 rings (SSSR count). The Balaban J connectivity index is 2.01. The first-order valence-electron chi connectivity index (χ1n) is 7.68. The number of carbonyl (C=O) groups excluding carboxylic acids is 1. The molecule has 1 aliphatic carbocycles. The highest BCUT2D eigenvalue weighted by atomic mass is 32.2. The summed E-state index contributed by atoms with van der Waals surface area (Å²) in [7, 11) is -3.05. The molecule has 1 amide bonds. The first-order valence-corrected chi connectivity index (χ1v) is 9.51. The molecule has 1 saturated heterocycles. The number of amides is 1. The minimum atomic E-state index is -3.05. The monoisotopic (exact) mass is 329 g/mol. The molecule has 7 heteroatoms. The van der Waals surface area contributed by atoms with Gasteiger partial charge in [-0.05, 0) is 32.1 Å². The van der Waals surface area contributed by atoms with Crippen LogP contribution < -0.4 is 0 Å². The van der Waals surface area contributed by atoms with Gasteiger partial charge in [0.15, 0.2) is 9.84 Å². The third kappa shape index (κ3) is 3.88. The van der Waals surface area contributed by atoms with Crippen LogP contribution in [0, 0.1) is 11.8 Å². The maximum Gasteiger partial charge on any atom is 0.306 e. The smallest absolute Gasteiger partial charge is 0.306 e. The normalized spacial score (nSPS) is 30.6. The van der Waals surface area contributed by atoms with E-state index in [0.717, 1.165) is 0 Å². The van der Waals surface area contributed by atoms with Crippen molar-refractivity contribution < 1.29 is 23.1 Å². The summed E-state index contributed by atoms with van der Waals surface area (Å²) in [5, 5.41) is 9.01. The second kappa shape index (κ2) is 6.81. The van der Waals surface area contributed by atoms with Gasteiger partial charge < -0.3 is 10.0 Å². The van der Waals surface area contributed by atoms with Gasteiger partial charge in [0.25, 0.3) is 0 Å². The van der Waals surface area contributed by atoms with Crippen molar-refractivity contribution in [3.05, 3.63) is 12.7 Å². The highest BCUT2D eigenvalue weighted by molar-refractivity contribution is 7.91. The zero-order valence-electron chi connectivity index (χ0n) is 12.6. The van der Waals surface area contributed by atoms with Crippen molar-refractivity contribution in [3.63, 3.8) is 0 Å². The molecular weight excluding hydrogens is 306 g/mol. The van der Waals surface area contributed by atoms with Crippen LogP contribution in [0.4, 0.5) is 0 Å². The van der Waals surface area contributed by atoms with Gasteiger partial charge in [0.05, 0.1) is 17.4 Å². The minimum absolute atomic E-state index is 0.0249. The summed E-state index contributed by atoms with van der Waals surface area (Å²) in [5.41, 5.74) is 0.